The van der Waals surface area contributed by atoms with Crippen molar-refractivity contribution in [2.45, 2.75) is 13.0 Å². The Kier molecular flexibility index (Phi) is 5.34. The van der Waals surface area contributed by atoms with Crippen molar-refractivity contribution >= 4 is 0 Å². The van der Waals surface area contributed by atoms with E-state index in [1.165, 1.54) is 6.07 Å². The summed E-state index contributed by atoms with van der Waals surface area (Å²) in [5, 5.41) is 9.37. The summed E-state index contributed by atoms with van der Waals surface area (Å²) >= 11 is 0. The molecular formula is C15H23FN2O2. The van der Waals surface area contributed by atoms with E-state index in [0.29, 0.717) is 17.9 Å². The highest BCUT2D eigenvalue weighted by Crippen LogP contribution is 2.21. The molecule has 0 radical (unpaired) electrons. The van der Waals surface area contributed by atoms with Gasteiger partial charge in [-0.15, -0.1) is 0 Å². The van der Waals surface area contributed by atoms with Gasteiger partial charge in [0.15, 0.2) is 0 Å². The molecule has 5 heteroatoms. The number of piperazine rings is 1. The van der Waals surface area contributed by atoms with Crippen LogP contribution in [0.2, 0.25) is 0 Å². The van der Waals surface area contributed by atoms with E-state index in [4.69, 9.17) is 4.74 Å². The van der Waals surface area contributed by atoms with Gasteiger partial charge in [0, 0.05) is 44.4 Å². The third kappa shape index (κ3) is 4.16. The Balaban J connectivity index is 1.78. The van der Waals surface area contributed by atoms with E-state index < -0.39 is 11.9 Å². The van der Waals surface area contributed by atoms with Gasteiger partial charge in [0.2, 0.25) is 0 Å². The smallest absolute Gasteiger partial charge is 0.132 e. The van der Waals surface area contributed by atoms with Gasteiger partial charge in [0.1, 0.15) is 18.2 Å². The molecule has 112 valence electrons. The molecule has 1 aromatic carbocycles. The number of aliphatic hydroxyl groups is 1. The minimum absolute atomic E-state index is 0.302. The lowest BCUT2D eigenvalue weighted by molar-refractivity contribution is 0.133. The molecule has 0 aliphatic carbocycles. The molecule has 0 saturated carbocycles. The summed E-state index contributed by atoms with van der Waals surface area (Å²) in [6, 6.07) is 4.62. The normalized spacial score (nSPS) is 19.0. The van der Waals surface area contributed by atoms with Crippen LogP contribution in [0.25, 0.3) is 0 Å². The van der Waals surface area contributed by atoms with E-state index in [2.05, 4.69) is 16.8 Å². The molecule has 1 fully saturated rings. The van der Waals surface area contributed by atoms with Crippen molar-refractivity contribution in [3.63, 3.8) is 0 Å². The van der Waals surface area contributed by atoms with Gasteiger partial charge in [0.05, 0.1) is 6.10 Å². The SMILES string of the molecule is C[C@H](O)c1ccc(OCCN2CCN(C)CC2)cc1F. The molecule has 1 N–H and O–H groups in total. The van der Waals surface area contributed by atoms with E-state index in [-0.39, 0.29) is 0 Å². The van der Waals surface area contributed by atoms with Crippen LogP contribution in [0, 0.1) is 5.82 Å². The Morgan fingerprint density at radius 1 is 1.30 bits per heavy atom. The highest BCUT2D eigenvalue weighted by Gasteiger charge is 2.13. The molecule has 0 amide bonds. The Morgan fingerprint density at radius 3 is 2.60 bits per heavy atom. The Bertz CT molecular complexity index is 432. The summed E-state index contributed by atoms with van der Waals surface area (Å²) in [6.45, 7) is 7.22. The monoisotopic (exact) mass is 282 g/mol. The second kappa shape index (κ2) is 7.02. The number of hydrogen-bond acceptors (Lipinski definition) is 4. The average Bonchev–Trinajstić information content (AvgIpc) is 2.41. The van der Waals surface area contributed by atoms with Gasteiger partial charge in [-0.25, -0.2) is 4.39 Å². The summed E-state index contributed by atoms with van der Waals surface area (Å²) in [7, 11) is 2.13. The van der Waals surface area contributed by atoms with Crippen molar-refractivity contribution in [2.24, 2.45) is 0 Å². The average molecular weight is 282 g/mol. The van der Waals surface area contributed by atoms with Crippen LogP contribution in [0.1, 0.15) is 18.6 Å². The molecule has 1 aliphatic rings. The van der Waals surface area contributed by atoms with Gasteiger partial charge in [-0.05, 0) is 26.1 Å². The Morgan fingerprint density at radius 2 is 2.00 bits per heavy atom. The van der Waals surface area contributed by atoms with Crippen LogP contribution in [0.3, 0.4) is 0 Å². The van der Waals surface area contributed by atoms with Crippen LogP contribution in [-0.4, -0.2) is 61.3 Å². The molecule has 0 spiro atoms. The molecule has 0 unspecified atom stereocenters. The fraction of sp³-hybridized carbons (Fsp3) is 0.600. The van der Waals surface area contributed by atoms with Crippen molar-refractivity contribution in [1.82, 2.24) is 9.80 Å². The van der Waals surface area contributed by atoms with E-state index in [9.17, 15) is 9.50 Å². The standard InChI is InChI=1S/C15H23FN2O2/c1-12(19)14-4-3-13(11-15(14)16)20-10-9-18-7-5-17(2)6-8-18/h3-4,11-12,19H,5-10H2,1-2H3/t12-/m0/s1. The van der Waals surface area contributed by atoms with Crippen LogP contribution < -0.4 is 4.74 Å². The summed E-state index contributed by atoms with van der Waals surface area (Å²) in [6.07, 6.45) is -0.797. The van der Waals surface area contributed by atoms with Crippen molar-refractivity contribution in [3.8, 4) is 5.75 Å². The van der Waals surface area contributed by atoms with Gasteiger partial charge >= 0.3 is 0 Å². The minimum atomic E-state index is -0.797. The zero-order valence-corrected chi connectivity index (χ0v) is 12.2. The lowest BCUT2D eigenvalue weighted by atomic mass is 10.1. The first-order chi connectivity index (χ1) is 9.56. The minimum Gasteiger partial charge on any atom is -0.492 e. The predicted molar refractivity (Wildman–Crippen MR) is 76.5 cm³/mol. The molecule has 1 aliphatic heterocycles. The number of ether oxygens (including phenoxy) is 1. The topological polar surface area (TPSA) is 35.9 Å². The van der Waals surface area contributed by atoms with Gasteiger partial charge in [-0.2, -0.15) is 0 Å². The van der Waals surface area contributed by atoms with E-state index in [1.54, 1.807) is 19.1 Å². The van der Waals surface area contributed by atoms with Gasteiger partial charge in [-0.1, -0.05) is 0 Å². The lowest BCUT2D eigenvalue weighted by Gasteiger charge is -2.32. The van der Waals surface area contributed by atoms with Gasteiger partial charge in [0.25, 0.3) is 0 Å². The Hall–Kier alpha value is -1.17. The van der Waals surface area contributed by atoms with Crippen LogP contribution in [0.5, 0.6) is 5.75 Å². The van der Waals surface area contributed by atoms with Gasteiger partial charge < -0.3 is 14.7 Å². The molecule has 1 heterocycles. The fourth-order valence-electron chi connectivity index (χ4n) is 2.30. The molecule has 1 atom stereocenters. The first kappa shape index (κ1) is 15.2. The van der Waals surface area contributed by atoms with Crippen molar-refractivity contribution in [2.75, 3.05) is 46.4 Å². The van der Waals surface area contributed by atoms with Crippen LogP contribution >= 0.6 is 0 Å². The number of benzene rings is 1. The zero-order chi connectivity index (χ0) is 14.5. The zero-order valence-electron chi connectivity index (χ0n) is 12.2. The number of aliphatic hydroxyl groups excluding tert-OH is 1. The molecule has 20 heavy (non-hydrogen) atoms. The van der Waals surface area contributed by atoms with Crippen molar-refractivity contribution < 1.29 is 14.2 Å². The molecular weight excluding hydrogens is 259 g/mol. The summed E-state index contributed by atoms with van der Waals surface area (Å²) in [5.41, 5.74) is 0.302. The second-order valence-corrected chi connectivity index (χ2v) is 5.35. The quantitative estimate of drug-likeness (QED) is 0.888. The molecule has 2 rings (SSSR count). The highest BCUT2D eigenvalue weighted by molar-refractivity contribution is 5.29. The maximum atomic E-state index is 13.7. The summed E-state index contributed by atoms with van der Waals surface area (Å²) < 4.78 is 19.2. The Labute approximate surface area is 119 Å². The van der Waals surface area contributed by atoms with E-state index in [1.807, 2.05) is 0 Å². The summed E-state index contributed by atoms with van der Waals surface area (Å²) in [5.74, 6) is 0.0955. The number of rotatable bonds is 5. The van der Waals surface area contributed by atoms with Gasteiger partial charge in [-0.3, -0.25) is 4.90 Å². The van der Waals surface area contributed by atoms with Crippen LogP contribution in [0.4, 0.5) is 4.39 Å². The third-order valence-electron chi connectivity index (χ3n) is 3.69. The van der Waals surface area contributed by atoms with Crippen LogP contribution in [-0.2, 0) is 0 Å². The first-order valence-corrected chi connectivity index (χ1v) is 7.07. The van der Waals surface area contributed by atoms with Crippen molar-refractivity contribution in [3.05, 3.63) is 29.6 Å². The number of likely N-dealkylation sites (N-methyl/N-ethyl adjacent to an activating group) is 1. The molecule has 0 aromatic heterocycles. The predicted octanol–water partition coefficient (Wildman–Crippen LogP) is 1.51. The maximum Gasteiger partial charge on any atom is 0.132 e. The maximum absolute atomic E-state index is 13.7. The number of hydrogen-bond donors (Lipinski definition) is 1. The summed E-state index contributed by atoms with van der Waals surface area (Å²) in [4.78, 5) is 4.65. The molecule has 4 nitrogen and oxygen atoms in total. The number of nitrogens with zero attached hydrogens (tertiary/aromatic N) is 2. The van der Waals surface area contributed by atoms with E-state index in [0.717, 1.165) is 32.7 Å². The van der Waals surface area contributed by atoms with Crippen molar-refractivity contribution in [1.29, 1.82) is 0 Å². The first-order valence-electron chi connectivity index (χ1n) is 7.07. The molecule has 1 saturated heterocycles. The molecule has 0 bridgehead atoms. The van der Waals surface area contributed by atoms with Crippen LogP contribution in [0.15, 0.2) is 18.2 Å². The second-order valence-electron chi connectivity index (χ2n) is 5.35. The molecule has 1 aromatic rings. The fourth-order valence-corrected chi connectivity index (χ4v) is 2.30. The van der Waals surface area contributed by atoms with E-state index >= 15 is 0 Å². The number of halogens is 1. The lowest BCUT2D eigenvalue weighted by Crippen LogP contribution is -2.45. The highest BCUT2D eigenvalue weighted by atomic mass is 19.1. The largest absolute Gasteiger partial charge is 0.492 e. The third-order valence-corrected chi connectivity index (χ3v) is 3.69.